The second-order valence-corrected chi connectivity index (χ2v) is 6.89. The van der Waals surface area contributed by atoms with E-state index >= 15 is 0 Å². The molecule has 0 amide bonds. The number of nitrogens with one attached hydrogen (secondary N) is 1. The van der Waals surface area contributed by atoms with Crippen LogP contribution in [0.5, 0.6) is 0 Å². The number of nitrogens with zero attached hydrogens (tertiary/aromatic N) is 1. The highest BCUT2D eigenvalue weighted by atomic mass is 32.2. The number of nitrogens with two attached hydrogens (primary N) is 1. The molecule has 1 aromatic heterocycles. The van der Waals surface area contributed by atoms with Gasteiger partial charge in [0.1, 0.15) is 0 Å². The maximum atomic E-state index is 12.9. The summed E-state index contributed by atoms with van der Waals surface area (Å²) in [6.45, 7) is 0. The predicted molar refractivity (Wildman–Crippen MR) is 95.4 cm³/mol. The Bertz CT molecular complexity index is 1170. The van der Waals surface area contributed by atoms with Crippen LogP contribution in [0.1, 0.15) is 0 Å². The number of fused-ring (bicyclic) bond motifs is 2. The van der Waals surface area contributed by atoms with Crippen molar-refractivity contribution >= 4 is 38.4 Å². The van der Waals surface area contributed by atoms with Crippen molar-refractivity contribution in [1.29, 1.82) is 0 Å². The minimum absolute atomic E-state index is 0.0656. The molecule has 0 aliphatic heterocycles. The Labute approximate surface area is 139 Å². The highest BCUT2D eigenvalue weighted by Crippen LogP contribution is 2.23. The van der Waals surface area contributed by atoms with E-state index in [1.54, 1.807) is 18.2 Å². The highest BCUT2D eigenvalue weighted by Gasteiger charge is 2.11. The third-order valence-electron chi connectivity index (χ3n) is 3.84. The zero-order valence-corrected chi connectivity index (χ0v) is 13.3. The summed E-state index contributed by atoms with van der Waals surface area (Å²) in [5.74, 6) is 0.0656. The van der Waals surface area contributed by atoms with Gasteiger partial charge in [-0.25, -0.2) is 9.19 Å². The van der Waals surface area contributed by atoms with Gasteiger partial charge in [-0.2, -0.15) is 0 Å². The fourth-order valence-corrected chi connectivity index (χ4v) is 3.78. The van der Waals surface area contributed by atoms with Gasteiger partial charge in [-0.15, -0.1) is 0 Å². The molecule has 1 heterocycles. The first-order chi connectivity index (χ1) is 11.6. The zero-order valence-electron chi connectivity index (χ0n) is 12.5. The molecule has 5 nitrogen and oxygen atoms in total. The number of H-pyrrole nitrogens is 1. The molecule has 0 aliphatic rings. The lowest BCUT2D eigenvalue weighted by Gasteiger charge is -2.06. The van der Waals surface area contributed by atoms with Gasteiger partial charge in [0.05, 0.1) is 21.7 Å². The molecule has 4 rings (SSSR count). The van der Waals surface area contributed by atoms with Crippen molar-refractivity contribution in [2.24, 2.45) is 0 Å². The van der Waals surface area contributed by atoms with E-state index in [4.69, 9.17) is 5.73 Å². The van der Waals surface area contributed by atoms with Crippen LogP contribution in [0.4, 0.5) is 5.95 Å². The summed E-state index contributed by atoms with van der Waals surface area (Å²) in [6.07, 6.45) is 0. The Kier molecular flexibility index (Phi) is 3.39. The Balaban J connectivity index is 1.83. The van der Waals surface area contributed by atoms with E-state index in [0.29, 0.717) is 20.7 Å². The molecule has 0 aliphatic carbocycles. The van der Waals surface area contributed by atoms with Gasteiger partial charge in [0.2, 0.25) is 5.95 Å². The number of hydrogen-bond donors (Lipinski definition) is 2. The molecule has 0 spiro atoms. The van der Waals surface area contributed by atoms with Gasteiger partial charge in [0, 0.05) is 9.79 Å². The molecule has 0 saturated heterocycles. The molecule has 3 N–H and O–H groups in total. The average Bonchev–Trinajstić information content (AvgIpc) is 2.60. The lowest BCUT2D eigenvalue weighted by molar-refractivity contribution is 0.683. The largest absolute Gasteiger partial charge is 0.369 e. The summed E-state index contributed by atoms with van der Waals surface area (Å²) in [7, 11) is -1.38. The monoisotopic (exact) mass is 335 g/mol. The van der Waals surface area contributed by atoms with E-state index in [1.807, 2.05) is 42.5 Å². The first-order valence-corrected chi connectivity index (χ1v) is 8.47. The van der Waals surface area contributed by atoms with Crippen molar-refractivity contribution in [1.82, 2.24) is 9.97 Å². The third-order valence-corrected chi connectivity index (χ3v) is 5.21. The molecular weight excluding hydrogens is 322 g/mol. The summed E-state index contributed by atoms with van der Waals surface area (Å²) in [4.78, 5) is 19.8. The van der Waals surface area contributed by atoms with Crippen LogP contribution in [0.15, 0.2) is 75.2 Å². The van der Waals surface area contributed by atoms with E-state index in [1.165, 1.54) is 0 Å². The Morgan fingerprint density at radius 1 is 0.917 bits per heavy atom. The van der Waals surface area contributed by atoms with Crippen molar-refractivity contribution < 1.29 is 4.21 Å². The SMILES string of the molecule is Nc1nc2ccc(S(=O)c3ccc4ccccc4c3)cc2c(=O)[nH]1. The standard InChI is InChI=1S/C18H13N3O2S/c19-18-20-16-8-7-14(10-15(16)17(22)21-18)24(23)13-6-5-11-3-1-2-4-12(11)9-13/h1-10H,(H3,19,20,21,22). The van der Waals surface area contributed by atoms with E-state index in [9.17, 15) is 9.00 Å². The molecule has 3 aromatic carbocycles. The maximum Gasteiger partial charge on any atom is 0.260 e. The van der Waals surface area contributed by atoms with E-state index in [-0.39, 0.29) is 11.5 Å². The lowest BCUT2D eigenvalue weighted by atomic mass is 10.1. The highest BCUT2D eigenvalue weighted by molar-refractivity contribution is 7.85. The fraction of sp³-hybridized carbons (Fsp3) is 0. The zero-order chi connectivity index (χ0) is 16.7. The van der Waals surface area contributed by atoms with E-state index < -0.39 is 10.8 Å². The van der Waals surface area contributed by atoms with Crippen LogP contribution in [0.3, 0.4) is 0 Å². The van der Waals surface area contributed by atoms with Crippen molar-refractivity contribution in [2.75, 3.05) is 5.73 Å². The van der Waals surface area contributed by atoms with Crippen LogP contribution in [0, 0.1) is 0 Å². The molecule has 1 atom stereocenters. The van der Waals surface area contributed by atoms with Gasteiger partial charge in [-0.05, 0) is 41.1 Å². The van der Waals surface area contributed by atoms with E-state index in [2.05, 4.69) is 9.97 Å². The van der Waals surface area contributed by atoms with Gasteiger partial charge >= 0.3 is 0 Å². The second-order valence-electron chi connectivity index (χ2n) is 5.41. The molecular formula is C18H13N3O2S. The van der Waals surface area contributed by atoms with Gasteiger partial charge in [-0.3, -0.25) is 9.78 Å². The normalized spacial score (nSPS) is 12.5. The molecule has 4 aromatic rings. The topological polar surface area (TPSA) is 88.8 Å². The molecule has 0 radical (unpaired) electrons. The van der Waals surface area contributed by atoms with Crippen LogP contribution in [0.25, 0.3) is 21.7 Å². The lowest BCUT2D eigenvalue weighted by Crippen LogP contribution is -2.11. The smallest absolute Gasteiger partial charge is 0.260 e. The van der Waals surface area contributed by atoms with Crippen LogP contribution in [-0.4, -0.2) is 14.2 Å². The Hall–Kier alpha value is -2.99. The molecule has 118 valence electrons. The van der Waals surface area contributed by atoms with Crippen molar-refractivity contribution in [3.8, 4) is 0 Å². The Morgan fingerprint density at radius 3 is 2.46 bits per heavy atom. The molecule has 0 fully saturated rings. The van der Waals surface area contributed by atoms with Crippen LogP contribution in [0.2, 0.25) is 0 Å². The molecule has 1 unspecified atom stereocenters. The molecule has 0 bridgehead atoms. The van der Waals surface area contributed by atoms with Crippen LogP contribution in [-0.2, 0) is 10.8 Å². The second kappa shape index (κ2) is 5.58. The van der Waals surface area contributed by atoms with Crippen molar-refractivity contribution in [3.05, 3.63) is 71.0 Å². The Morgan fingerprint density at radius 2 is 1.62 bits per heavy atom. The third kappa shape index (κ3) is 2.47. The summed E-state index contributed by atoms with van der Waals surface area (Å²) in [6, 6.07) is 18.6. The summed E-state index contributed by atoms with van der Waals surface area (Å²) < 4.78 is 12.9. The number of aromatic nitrogens is 2. The fourth-order valence-electron chi connectivity index (χ4n) is 2.67. The van der Waals surface area contributed by atoms with Crippen molar-refractivity contribution in [2.45, 2.75) is 9.79 Å². The quantitative estimate of drug-likeness (QED) is 0.589. The predicted octanol–water partition coefficient (Wildman–Crippen LogP) is 2.83. The first kappa shape index (κ1) is 14.6. The van der Waals surface area contributed by atoms with Gasteiger partial charge in [0.15, 0.2) is 0 Å². The number of anilines is 1. The van der Waals surface area contributed by atoms with Crippen LogP contribution >= 0.6 is 0 Å². The molecule has 24 heavy (non-hydrogen) atoms. The number of rotatable bonds is 2. The number of aromatic amines is 1. The molecule has 0 saturated carbocycles. The summed E-state index contributed by atoms with van der Waals surface area (Å²) >= 11 is 0. The minimum atomic E-state index is -1.38. The summed E-state index contributed by atoms with van der Waals surface area (Å²) in [5.41, 5.74) is 5.68. The average molecular weight is 335 g/mol. The van der Waals surface area contributed by atoms with Gasteiger partial charge < -0.3 is 5.73 Å². The number of nitrogen functional groups attached to an aromatic ring is 1. The number of benzene rings is 3. The minimum Gasteiger partial charge on any atom is -0.369 e. The van der Waals surface area contributed by atoms with Crippen LogP contribution < -0.4 is 11.3 Å². The van der Waals surface area contributed by atoms with E-state index in [0.717, 1.165) is 10.8 Å². The number of hydrogen-bond acceptors (Lipinski definition) is 4. The first-order valence-electron chi connectivity index (χ1n) is 7.32. The van der Waals surface area contributed by atoms with Crippen molar-refractivity contribution in [3.63, 3.8) is 0 Å². The van der Waals surface area contributed by atoms with Gasteiger partial charge in [-0.1, -0.05) is 30.3 Å². The summed E-state index contributed by atoms with van der Waals surface area (Å²) in [5, 5.41) is 2.49. The van der Waals surface area contributed by atoms with Gasteiger partial charge in [0.25, 0.3) is 5.56 Å². The molecule has 6 heteroatoms. The maximum absolute atomic E-state index is 12.9.